The van der Waals surface area contributed by atoms with E-state index in [0.717, 1.165) is 30.4 Å². The summed E-state index contributed by atoms with van der Waals surface area (Å²) in [4.78, 5) is 21.9. The van der Waals surface area contributed by atoms with Gasteiger partial charge in [0.1, 0.15) is 5.75 Å². The van der Waals surface area contributed by atoms with Crippen molar-refractivity contribution in [2.75, 3.05) is 0 Å². The SMILES string of the molecule is CC(=O)Oc1ccc2c(c1)CCCC2CC(=O)Cl. The number of hydrogen-bond acceptors (Lipinski definition) is 3. The van der Waals surface area contributed by atoms with Gasteiger partial charge in [0.05, 0.1) is 0 Å². The van der Waals surface area contributed by atoms with Gasteiger partial charge in [-0.2, -0.15) is 0 Å². The third kappa shape index (κ3) is 3.10. The van der Waals surface area contributed by atoms with E-state index in [1.54, 1.807) is 6.07 Å². The summed E-state index contributed by atoms with van der Waals surface area (Å²) < 4.78 is 5.06. The fourth-order valence-corrected chi connectivity index (χ4v) is 2.71. The summed E-state index contributed by atoms with van der Waals surface area (Å²) in [5.41, 5.74) is 2.31. The van der Waals surface area contributed by atoms with Gasteiger partial charge in [0.15, 0.2) is 0 Å². The second-order valence-electron chi connectivity index (χ2n) is 4.60. The van der Waals surface area contributed by atoms with Crippen molar-refractivity contribution >= 4 is 22.8 Å². The lowest BCUT2D eigenvalue weighted by Crippen LogP contribution is -2.12. The number of carbonyl (C=O) groups excluding carboxylic acids is 2. The smallest absolute Gasteiger partial charge is 0.308 e. The number of aryl methyl sites for hydroxylation is 1. The fraction of sp³-hybridized carbons (Fsp3) is 0.429. The molecule has 0 aromatic heterocycles. The van der Waals surface area contributed by atoms with Crippen molar-refractivity contribution in [1.29, 1.82) is 0 Å². The van der Waals surface area contributed by atoms with Gasteiger partial charge in [-0.1, -0.05) is 6.07 Å². The predicted molar refractivity (Wildman–Crippen MR) is 68.9 cm³/mol. The van der Waals surface area contributed by atoms with Crippen molar-refractivity contribution in [2.45, 2.75) is 38.5 Å². The highest BCUT2D eigenvalue weighted by molar-refractivity contribution is 6.63. The highest BCUT2D eigenvalue weighted by atomic mass is 35.5. The Balaban J connectivity index is 2.24. The van der Waals surface area contributed by atoms with Crippen LogP contribution in [0.1, 0.15) is 43.2 Å². The maximum Gasteiger partial charge on any atom is 0.308 e. The molecule has 0 radical (unpaired) electrons. The molecular weight excluding hydrogens is 252 g/mol. The summed E-state index contributed by atoms with van der Waals surface area (Å²) in [6.45, 7) is 1.38. The lowest BCUT2D eigenvalue weighted by molar-refractivity contribution is -0.131. The van der Waals surface area contributed by atoms with Crippen LogP contribution in [0.2, 0.25) is 0 Å². The largest absolute Gasteiger partial charge is 0.427 e. The van der Waals surface area contributed by atoms with Gasteiger partial charge in [-0.3, -0.25) is 9.59 Å². The van der Waals surface area contributed by atoms with E-state index < -0.39 is 0 Å². The summed E-state index contributed by atoms with van der Waals surface area (Å²) in [5, 5.41) is -0.295. The molecule has 0 saturated heterocycles. The van der Waals surface area contributed by atoms with Crippen LogP contribution in [-0.4, -0.2) is 11.2 Å². The molecule has 0 amide bonds. The molecule has 0 N–H and O–H groups in total. The molecule has 4 heteroatoms. The molecule has 1 aromatic carbocycles. The Hall–Kier alpha value is -1.35. The van der Waals surface area contributed by atoms with Crippen molar-refractivity contribution in [2.24, 2.45) is 0 Å². The van der Waals surface area contributed by atoms with E-state index in [4.69, 9.17) is 16.3 Å². The lowest BCUT2D eigenvalue weighted by atomic mass is 9.81. The Morgan fingerprint density at radius 2 is 2.22 bits per heavy atom. The number of halogens is 1. The molecular formula is C14H15ClO3. The maximum atomic E-state index is 11.0. The second kappa shape index (κ2) is 5.53. The van der Waals surface area contributed by atoms with Gasteiger partial charge in [0.2, 0.25) is 5.24 Å². The van der Waals surface area contributed by atoms with Crippen LogP contribution in [0, 0.1) is 0 Å². The monoisotopic (exact) mass is 266 g/mol. The second-order valence-corrected chi connectivity index (χ2v) is 5.02. The van der Waals surface area contributed by atoms with Crippen LogP contribution < -0.4 is 4.74 Å². The normalized spacial score (nSPS) is 18.0. The Kier molecular flexibility index (Phi) is 4.02. The number of hydrogen-bond donors (Lipinski definition) is 0. The average Bonchev–Trinajstić information content (AvgIpc) is 2.27. The van der Waals surface area contributed by atoms with Gasteiger partial charge in [-0.25, -0.2) is 0 Å². The average molecular weight is 267 g/mol. The lowest BCUT2D eigenvalue weighted by Gasteiger charge is -2.24. The molecule has 0 heterocycles. The zero-order valence-electron chi connectivity index (χ0n) is 10.2. The minimum Gasteiger partial charge on any atom is -0.427 e. The van der Waals surface area contributed by atoms with Crippen LogP contribution >= 0.6 is 11.6 Å². The summed E-state index contributed by atoms with van der Waals surface area (Å²) in [6.07, 6.45) is 3.35. The van der Waals surface area contributed by atoms with Gasteiger partial charge in [0.25, 0.3) is 0 Å². The van der Waals surface area contributed by atoms with E-state index in [0.29, 0.717) is 12.2 Å². The summed E-state index contributed by atoms with van der Waals surface area (Å²) in [6, 6.07) is 5.61. The van der Waals surface area contributed by atoms with Crippen molar-refractivity contribution in [3.8, 4) is 5.75 Å². The van der Waals surface area contributed by atoms with Crippen LogP contribution in [0.25, 0.3) is 0 Å². The van der Waals surface area contributed by atoms with E-state index in [2.05, 4.69) is 0 Å². The van der Waals surface area contributed by atoms with Crippen LogP contribution in [0.5, 0.6) is 5.75 Å². The van der Waals surface area contributed by atoms with Crippen molar-refractivity contribution in [3.63, 3.8) is 0 Å². The Bertz CT molecular complexity index is 482. The molecule has 2 rings (SSSR count). The molecule has 1 aliphatic carbocycles. The standard InChI is InChI=1S/C14H15ClO3/c1-9(16)18-12-5-6-13-10(7-12)3-2-4-11(13)8-14(15)17/h5-7,11H,2-4,8H2,1H3. The first-order valence-corrected chi connectivity index (χ1v) is 6.43. The van der Waals surface area contributed by atoms with E-state index in [-0.39, 0.29) is 17.1 Å². The maximum absolute atomic E-state index is 11.0. The third-order valence-electron chi connectivity index (χ3n) is 3.22. The van der Waals surface area contributed by atoms with Crippen molar-refractivity contribution in [3.05, 3.63) is 29.3 Å². The number of ether oxygens (including phenoxy) is 1. The van der Waals surface area contributed by atoms with E-state index in [9.17, 15) is 9.59 Å². The van der Waals surface area contributed by atoms with E-state index in [1.807, 2.05) is 12.1 Å². The van der Waals surface area contributed by atoms with Gasteiger partial charge in [-0.05, 0) is 60.0 Å². The van der Waals surface area contributed by atoms with Gasteiger partial charge in [-0.15, -0.1) is 0 Å². The molecule has 3 nitrogen and oxygen atoms in total. The number of benzene rings is 1. The van der Waals surface area contributed by atoms with E-state index >= 15 is 0 Å². The minimum absolute atomic E-state index is 0.199. The molecule has 0 aliphatic heterocycles. The Morgan fingerprint density at radius 1 is 1.44 bits per heavy atom. The molecule has 0 saturated carbocycles. The van der Waals surface area contributed by atoms with Crippen LogP contribution in [-0.2, 0) is 16.0 Å². The first-order valence-electron chi connectivity index (χ1n) is 6.06. The zero-order valence-corrected chi connectivity index (χ0v) is 11.0. The molecule has 0 spiro atoms. The number of esters is 1. The first-order chi connectivity index (χ1) is 8.56. The number of fused-ring (bicyclic) bond motifs is 1. The minimum atomic E-state index is -0.321. The van der Waals surface area contributed by atoms with Crippen LogP contribution in [0.15, 0.2) is 18.2 Å². The van der Waals surface area contributed by atoms with Crippen LogP contribution in [0.4, 0.5) is 0 Å². The summed E-state index contributed by atoms with van der Waals surface area (Å²) in [5.74, 6) is 0.447. The van der Waals surface area contributed by atoms with Gasteiger partial charge >= 0.3 is 5.97 Å². The number of carbonyl (C=O) groups is 2. The summed E-state index contributed by atoms with van der Waals surface area (Å²) >= 11 is 5.47. The fourth-order valence-electron chi connectivity index (χ4n) is 2.53. The molecule has 96 valence electrons. The van der Waals surface area contributed by atoms with E-state index in [1.165, 1.54) is 6.92 Å². The highest BCUT2D eigenvalue weighted by Crippen LogP contribution is 2.36. The quantitative estimate of drug-likeness (QED) is 0.479. The zero-order chi connectivity index (χ0) is 13.1. The Labute approximate surface area is 111 Å². The van der Waals surface area contributed by atoms with Crippen molar-refractivity contribution < 1.29 is 14.3 Å². The molecule has 0 bridgehead atoms. The number of rotatable bonds is 3. The molecule has 0 fully saturated rings. The topological polar surface area (TPSA) is 43.4 Å². The third-order valence-corrected chi connectivity index (χ3v) is 3.38. The predicted octanol–water partition coefficient (Wildman–Crippen LogP) is 3.19. The molecule has 1 aromatic rings. The van der Waals surface area contributed by atoms with Gasteiger partial charge < -0.3 is 4.74 Å². The molecule has 1 atom stereocenters. The Morgan fingerprint density at radius 3 is 2.89 bits per heavy atom. The van der Waals surface area contributed by atoms with Crippen molar-refractivity contribution in [1.82, 2.24) is 0 Å². The molecule has 18 heavy (non-hydrogen) atoms. The molecule has 1 unspecified atom stereocenters. The first kappa shape index (κ1) is 13.1. The molecule has 1 aliphatic rings. The highest BCUT2D eigenvalue weighted by Gasteiger charge is 2.22. The van der Waals surface area contributed by atoms with Gasteiger partial charge in [0, 0.05) is 13.3 Å². The van der Waals surface area contributed by atoms with Crippen LogP contribution in [0.3, 0.4) is 0 Å². The summed E-state index contributed by atoms with van der Waals surface area (Å²) in [7, 11) is 0.